The summed E-state index contributed by atoms with van der Waals surface area (Å²) >= 11 is 1.31. The number of carbonyl (C=O) groups excluding carboxylic acids is 2. The van der Waals surface area contributed by atoms with E-state index in [-0.39, 0.29) is 17.6 Å². The van der Waals surface area contributed by atoms with Crippen molar-refractivity contribution < 1.29 is 14.3 Å². The van der Waals surface area contributed by atoms with Gasteiger partial charge in [-0.2, -0.15) is 5.10 Å². The Morgan fingerprint density at radius 1 is 1.23 bits per heavy atom. The van der Waals surface area contributed by atoms with E-state index in [0.717, 1.165) is 16.6 Å². The van der Waals surface area contributed by atoms with E-state index in [1.54, 1.807) is 24.3 Å². The zero-order chi connectivity index (χ0) is 18.4. The summed E-state index contributed by atoms with van der Waals surface area (Å²) in [5.41, 5.74) is 5.04. The SMILES string of the molecule is CC(=O)Oc1ccc(/C=N\NC(=O)CSc2nc3ccccc3[nH]2)cc1. The molecule has 0 bridgehead atoms. The number of nitrogens with one attached hydrogen (secondary N) is 2. The van der Waals surface area contributed by atoms with Crippen molar-refractivity contribution in [2.45, 2.75) is 12.1 Å². The number of fused-ring (bicyclic) bond motifs is 1. The van der Waals surface area contributed by atoms with E-state index >= 15 is 0 Å². The fraction of sp³-hybridized carbons (Fsp3) is 0.111. The Morgan fingerprint density at radius 2 is 2.00 bits per heavy atom. The number of ether oxygens (including phenoxy) is 1. The average Bonchev–Trinajstić information content (AvgIpc) is 3.04. The van der Waals surface area contributed by atoms with Crippen LogP contribution in [0.5, 0.6) is 5.75 Å². The molecule has 8 heteroatoms. The molecule has 0 fully saturated rings. The van der Waals surface area contributed by atoms with Crippen molar-refractivity contribution in [1.29, 1.82) is 0 Å². The predicted octanol–water partition coefficient (Wildman–Crippen LogP) is 2.73. The van der Waals surface area contributed by atoms with Crippen LogP contribution in [0, 0.1) is 0 Å². The molecule has 1 aromatic heterocycles. The molecule has 0 spiro atoms. The molecule has 3 aromatic rings. The van der Waals surface area contributed by atoms with Crippen LogP contribution in [-0.4, -0.2) is 33.8 Å². The molecule has 0 saturated heterocycles. The van der Waals surface area contributed by atoms with E-state index in [1.807, 2.05) is 24.3 Å². The first-order valence-corrected chi connectivity index (χ1v) is 8.76. The molecule has 0 aliphatic rings. The number of aromatic nitrogens is 2. The standard InChI is InChI=1S/C18H16N4O3S/c1-12(23)25-14-8-6-13(7-9-14)10-19-22-17(24)11-26-18-20-15-4-2-3-5-16(15)21-18/h2-10H,11H2,1H3,(H,20,21)(H,22,24)/b19-10-. The van der Waals surface area contributed by atoms with E-state index in [9.17, 15) is 9.59 Å². The molecule has 0 aliphatic carbocycles. The van der Waals surface area contributed by atoms with Crippen molar-refractivity contribution in [3.63, 3.8) is 0 Å². The van der Waals surface area contributed by atoms with E-state index in [4.69, 9.17) is 4.74 Å². The molecule has 1 amide bonds. The highest BCUT2D eigenvalue weighted by Crippen LogP contribution is 2.18. The summed E-state index contributed by atoms with van der Waals surface area (Å²) in [5, 5.41) is 4.60. The van der Waals surface area contributed by atoms with Crippen LogP contribution in [0.15, 0.2) is 58.8 Å². The highest BCUT2D eigenvalue weighted by Gasteiger charge is 2.06. The lowest BCUT2D eigenvalue weighted by Crippen LogP contribution is -2.19. The van der Waals surface area contributed by atoms with Crippen molar-refractivity contribution in [1.82, 2.24) is 15.4 Å². The molecule has 0 radical (unpaired) electrons. The molecule has 132 valence electrons. The van der Waals surface area contributed by atoms with Gasteiger partial charge in [0.2, 0.25) is 0 Å². The number of aromatic amines is 1. The van der Waals surface area contributed by atoms with Gasteiger partial charge >= 0.3 is 5.97 Å². The minimum atomic E-state index is -0.374. The third kappa shape index (κ3) is 4.93. The molecule has 0 aliphatic heterocycles. The van der Waals surface area contributed by atoms with Crippen molar-refractivity contribution in [3.8, 4) is 5.75 Å². The number of hydrogen-bond acceptors (Lipinski definition) is 6. The maximum absolute atomic E-state index is 11.9. The fourth-order valence-electron chi connectivity index (χ4n) is 2.13. The lowest BCUT2D eigenvalue weighted by atomic mass is 10.2. The third-order valence-electron chi connectivity index (χ3n) is 3.25. The molecule has 2 N–H and O–H groups in total. The minimum absolute atomic E-state index is 0.197. The highest BCUT2D eigenvalue weighted by atomic mass is 32.2. The zero-order valence-electron chi connectivity index (χ0n) is 13.9. The molecule has 1 heterocycles. The van der Waals surface area contributed by atoms with Gasteiger partial charge in [-0.3, -0.25) is 9.59 Å². The zero-order valence-corrected chi connectivity index (χ0v) is 14.7. The Balaban J connectivity index is 1.47. The Labute approximate surface area is 153 Å². The van der Waals surface area contributed by atoms with Gasteiger partial charge in [0.05, 0.1) is 23.0 Å². The van der Waals surface area contributed by atoms with Gasteiger partial charge in [0, 0.05) is 6.92 Å². The number of thioether (sulfide) groups is 1. The van der Waals surface area contributed by atoms with Crippen LogP contribution in [-0.2, 0) is 9.59 Å². The molecular weight excluding hydrogens is 352 g/mol. The minimum Gasteiger partial charge on any atom is -0.427 e. The molecule has 0 saturated carbocycles. The second-order valence-corrected chi connectivity index (χ2v) is 6.27. The molecular formula is C18H16N4O3S. The summed E-state index contributed by atoms with van der Waals surface area (Å²) in [4.78, 5) is 30.3. The Bertz CT molecular complexity index is 917. The van der Waals surface area contributed by atoms with Crippen molar-refractivity contribution in [3.05, 3.63) is 54.1 Å². The van der Waals surface area contributed by atoms with E-state index in [1.165, 1.54) is 24.9 Å². The van der Waals surface area contributed by atoms with Crippen molar-refractivity contribution in [2.24, 2.45) is 5.10 Å². The first kappa shape index (κ1) is 17.7. The summed E-state index contributed by atoms with van der Waals surface area (Å²) in [6.07, 6.45) is 1.52. The Morgan fingerprint density at radius 3 is 2.73 bits per heavy atom. The summed E-state index contributed by atoms with van der Waals surface area (Å²) in [7, 11) is 0. The van der Waals surface area contributed by atoms with Gasteiger partial charge < -0.3 is 9.72 Å². The largest absolute Gasteiger partial charge is 0.427 e. The topological polar surface area (TPSA) is 96.4 Å². The number of esters is 1. The van der Waals surface area contributed by atoms with Crippen LogP contribution in [0.3, 0.4) is 0 Å². The van der Waals surface area contributed by atoms with Crippen LogP contribution in [0.4, 0.5) is 0 Å². The monoisotopic (exact) mass is 368 g/mol. The normalized spacial score (nSPS) is 11.0. The highest BCUT2D eigenvalue weighted by molar-refractivity contribution is 7.99. The van der Waals surface area contributed by atoms with Crippen LogP contribution in [0.1, 0.15) is 12.5 Å². The van der Waals surface area contributed by atoms with Crippen LogP contribution in [0.2, 0.25) is 0 Å². The summed E-state index contributed by atoms with van der Waals surface area (Å²) in [6, 6.07) is 14.5. The van der Waals surface area contributed by atoms with Gasteiger partial charge in [-0.05, 0) is 42.0 Å². The van der Waals surface area contributed by atoms with Crippen LogP contribution < -0.4 is 10.2 Å². The molecule has 0 atom stereocenters. The quantitative estimate of drug-likeness (QED) is 0.229. The number of imidazole rings is 1. The van der Waals surface area contributed by atoms with E-state index < -0.39 is 0 Å². The van der Waals surface area contributed by atoms with Gasteiger partial charge in [-0.1, -0.05) is 23.9 Å². The van der Waals surface area contributed by atoms with Crippen LogP contribution >= 0.6 is 11.8 Å². The molecule has 7 nitrogen and oxygen atoms in total. The van der Waals surface area contributed by atoms with Crippen molar-refractivity contribution >= 4 is 40.9 Å². The number of nitrogens with zero attached hydrogens (tertiary/aromatic N) is 2. The third-order valence-corrected chi connectivity index (χ3v) is 4.13. The van der Waals surface area contributed by atoms with Crippen LogP contribution in [0.25, 0.3) is 11.0 Å². The lowest BCUT2D eigenvalue weighted by molar-refractivity contribution is -0.131. The smallest absolute Gasteiger partial charge is 0.308 e. The lowest BCUT2D eigenvalue weighted by Gasteiger charge is -2.01. The molecule has 2 aromatic carbocycles. The second-order valence-electron chi connectivity index (χ2n) is 5.30. The number of H-pyrrole nitrogens is 1. The Hall–Kier alpha value is -3.13. The second kappa shape index (κ2) is 8.30. The first-order valence-electron chi connectivity index (χ1n) is 7.78. The molecule has 26 heavy (non-hydrogen) atoms. The van der Waals surface area contributed by atoms with Gasteiger partial charge in [-0.15, -0.1) is 0 Å². The maximum Gasteiger partial charge on any atom is 0.308 e. The number of hydrogen-bond donors (Lipinski definition) is 2. The van der Waals surface area contributed by atoms with Gasteiger partial charge in [0.15, 0.2) is 5.16 Å². The van der Waals surface area contributed by atoms with Crippen molar-refractivity contribution in [2.75, 3.05) is 5.75 Å². The Kier molecular flexibility index (Phi) is 5.65. The van der Waals surface area contributed by atoms with E-state index in [2.05, 4.69) is 20.5 Å². The van der Waals surface area contributed by atoms with E-state index in [0.29, 0.717) is 10.9 Å². The van der Waals surface area contributed by atoms with Gasteiger partial charge in [0.1, 0.15) is 5.75 Å². The average molecular weight is 368 g/mol. The summed E-state index contributed by atoms with van der Waals surface area (Å²) in [5.74, 6) is 0.0486. The predicted molar refractivity (Wildman–Crippen MR) is 100 cm³/mol. The fourth-order valence-corrected chi connectivity index (χ4v) is 2.81. The number of para-hydroxylation sites is 2. The number of benzene rings is 2. The maximum atomic E-state index is 11.9. The first-order chi connectivity index (χ1) is 12.6. The number of amides is 1. The molecule has 3 rings (SSSR count). The van der Waals surface area contributed by atoms with Gasteiger partial charge in [-0.25, -0.2) is 10.4 Å². The summed E-state index contributed by atoms with van der Waals surface area (Å²) in [6.45, 7) is 1.34. The number of hydrazone groups is 1. The molecule has 0 unspecified atom stereocenters. The van der Waals surface area contributed by atoms with Gasteiger partial charge in [0.25, 0.3) is 5.91 Å². The summed E-state index contributed by atoms with van der Waals surface area (Å²) < 4.78 is 4.94. The number of carbonyl (C=O) groups is 2. The number of rotatable bonds is 6.